The van der Waals surface area contributed by atoms with E-state index in [9.17, 15) is 9.59 Å². The van der Waals surface area contributed by atoms with Crippen molar-refractivity contribution in [1.82, 2.24) is 9.97 Å². The molecule has 3 rings (SSSR count). The van der Waals surface area contributed by atoms with E-state index >= 15 is 0 Å². The number of carbonyl (C=O) groups excluding carboxylic acids is 2. The summed E-state index contributed by atoms with van der Waals surface area (Å²) in [6, 6.07) is 5.65. The molecule has 152 valence electrons. The maximum Gasteiger partial charge on any atom is 0.195 e. The van der Waals surface area contributed by atoms with Gasteiger partial charge in [0.25, 0.3) is 0 Å². The molecule has 0 saturated carbocycles. The number of ether oxygens (including phenoxy) is 2. The monoisotopic (exact) mass is 433 g/mol. The maximum atomic E-state index is 11.3. The number of halogens is 1. The first-order valence-corrected chi connectivity index (χ1v) is 10.0. The van der Waals surface area contributed by atoms with E-state index in [1.807, 2.05) is 25.1 Å². The number of Topliss-reactive ketones (excluding diaryl/α,β-unsaturated/α-hetero) is 1. The summed E-state index contributed by atoms with van der Waals surface area (Å²) in [5, 5.41) is 4.67. The van der Waals surface area contributed by atoms with E-state index in [1.54, 1.807) is 14.2 Å². The van der Waals surface area contributed by atoms with Crippen molar-refractivity contribution < 1.29 is 19.1 Å². The summed E-state index contributed by atoms with van der Waals surface area (Å²) in [4.78, 5) is 32.6. The average molecular weight is 434 g/mol. The molecule has 9 heteroatoms. The number of hydrogen-bond acceptors (Lipinski definition) is 8. The number of rotatable bonds is 9. The Labute approximate surface area is 177 Å². The highest BCUT2D eigenvalue weighted by Gasteiger charge is 2.17. The molecule has 0 aliphatic heterocycles. The van der Waals surface area contributed by atoms with E-state index in [0.29, 0.717) is 41.0 Å². The van der Waals surface area contributed by atoms with Crippen LogP contribution in [0.25, 0.3) is 10.2 Å². The van der Waals surface area contributed by atoms with Gasteiger partial charge in [-0.05, 0) is 24.6 Å². The predicted octanol–water partition coefficient (Wildman–Crippen LogP) is 3.98. The third kappa shape index (κ3) is 4.65. The molecule has 0 amide bonds. The Kier molecular flexibility index (Phi) is 6.66. The van der Waals surface area contributed by atoms with Gasteiger partial charge in [-0.1, -0.05) is 17.7 Å². The second-order valence-corrected chi connectivity index (χ2v) is 7.85. The standard InChI is InChI=1S/C20H20ClN3O4S/c1-11-18(21)17-19(22-9-12-4-6-14(27-2)15(8-12)28-3)23-16(24-20(17)29-11)7-5-13(26)10-25/h4,6,8,10H,5,7,9H2,1-3H3,(H,22,23,24). The van der Waals surface area contributed by atoms with E-state index in [1.165, 1.54) is 11.3 Å². The summed E-state index contributed by atoms with van der Waals surface area (Å²) >= 11 is 7.94. The van der Waals surface area contributed by atoms with Crippen LogP contribution in [0.1, 0.15) is 22.7 Å². The highest BCUT2D eigenvalue weighted by atomic mass is 35.5. The number of aryl methyl sites for hydroxylation is 2. The number of thiophene rings is 1. The third-order valence-corrected chi connectivity index (χ3v) is 5.92. The van der Waals surface area contributed by atoms with Crippen LogP contribution in [0.2, 0.25) is 5.02 Å². The number of ketones is 1. The van der Waals surface area contributed by atoms with Crippen LogP contribution in [0, 0.1) is 6.92 Å². The van der Waals surface area contributed by atoms with Crippen LogP contribution in [0.4, 0.5) is 5.82 Å². The normalized spacial score (nSPS) is 10.8. The Morgan fingerprint density at radius 1 is 1.24 bits per heavy atom. The van der Waals surface area contributed by atoms with Crippen molar-refractivity contribution in [3.8, 4) is 11.5 Å². The number of benzene rings is 1. The van der Waals surface area contributed by atoms with Crippen molar-refractivity contribution >= 4 is 51.0 Å². The molecule has 0 saturated heterocycles. The van der Waals surface area contributed by atoms with Crippen LogP contribution in [0.5, 0.6) is 11.5 Å². The molecule has 1 aromatic carbocycles. The summed E-state index contributed by atoms with van der Waals surface area (Å²) in [6.07, 6.45) is 0.677. The molecule has 29 heavy (non-hydrogen) atoms. The summed E-state index contributed by atoms with van der Waals surface area (Å²) in [5.41, 5.74) is 0.968. The molecule has 0 radical (unpaired) electrons. The summed E-state index contributed by atoms with van der Waals surface area (Å²) in [7, 11) is 3.18. The molecule has 3 aromatic rings. The second-order valence-electron chi connectivity index (χ2n) is 6.27. The highest BCUT2D eigenvalue weighted by molar-refractivity contribution is 7.19. The van der Waals surface area contributed by atoms with Gasteiger partial charge in [0.1, 0.15) is 16.5 Å². The molecule has 0 unspecified atom stereocenters. The van der Waals surface area contributed by atoms with Gasteiger partial charge in [0, 0.05) is 24.3 Å². The number of aromatic nitrogens is 2. The van der Waals surface area contributed by atoms with Crippen LogP contribution in [-0.2, 0) is 22.6 Å². The molecule has 0 aliphatic carbocycles. The Balaban J connectivity index is 1.90. The summed E-state index contributed by atoms with van der Waals surface area (Å²) in [5.74, 6) is 1.89. The smallest absolute Gasteiger partial charge is 0.195 e. The predicted molar refractivity (Wildman–Crippen MR) is 113 cm³/mol. The molecule has 0 aliphatic rings. The Morgan fingerprint density at radius 3 is 2.69 bits per heavy atom. The van der Waals surface area contributed by atoms with Crippen molar-refractivity contribution in [2.24, 2.45) is 0 Å². The summed E-state index contributed by atoms with van der Waals surface area (Å²) < 4.78 is 10.6. The molecular weight excluding hydrogens is 414 g/mol. The average Bonchev–Trinajstić information content (AvgIpc) is 3.03. The first-order valence-electron chi connectivity index (χ1n) is 8.85. The van der Waals surface area contributed by atoms with Crippen LogP contribution in [0.15, 0.2) is 18.2 Å². The fourth-order valence-electron chi connectivity index (χ4n) is 2.83. The zero-order valence-electron chi connectivity index (χ0n) is 16.2. The van der Waals surface area contributed by atoms with Crippen LogP contribution in [-0.4, -0.2) is 36.3 Å². The first kappa shape index (κ1) is 21.0. The van der Waals surface area contributed by atoms with Crippen LogP contribution in [0.3, 0.4) is 0 Å². The van der Waals surface area contributed by atoms with Crippen molar-refractivity contribution in [3.63, 3.8) is 0 Å². The number of aldehydes is 1. The van der Waals surface area contributed by atoms with Gasteiger partial charge in [-0.2, -0.15) is 0 Å². The lowest BCUT2D eigenvalue weighted by Crippen LogP contribution is -2.07. The molecule has 1 N–H and O–H groups in total. The van der Waals surface area contributed by atoms with E-state index < -0.39 is 5.78 Å². The number of anilines is 1. The van der Waals surface area contributed by atoms with Gasteiger partial charge in [0.2, 0.25) is 0 Å². The molecule has 0 spiro atoms. The van der Waals surface area contributed by atoms with Crippen molar-refractivity contribution in [2.75, 3.05) is 19.5 Å². The summed E-state index contributed by atoms with van der Waals surface area (Å²) in [6.45, 7) is 2.40. The van der Waals surface area contributed by atoms with Gasteiger partial charge in [0.15, 0.2) is 23.6 Å². The molecule has 7 nitrogen and oxygen atoms in total. The third-order valence-electron chi connectivity index (χ3n) is 4.33. The molecule has 2 aromatic heterocycles. The number of nitrogens with zero attached hydrogens (tertiary/aromatic N) is 2. The first-order chi connectivity index (χ1) is 14.0. The van der Waals surface area contributed by atoms with Crippen molar-refractivity contribution in [1.29, 1.82) is 0 Å². The zero-order chi connectivity index (χ0) is 21.0. The van der Waals surface area contributed by atoms with Crippen LogP contribution < -0.4 is 14.8 Å². The van der Waals surface area contributed by atoms with E-state index in [0.717, 1.165) is 20.7 Å². The topological polar surface area (TPSA) is 90.4 Å². The Morgan fingerprint density at radius 2 is 2.00 bits per heavy atom. The quantitative estimate of drug-likeness (QED) is 0.403. The van der Waals surface area contributed by atoms with E-state index in [2.05, 4.69) is 15.3 Å². The minimum Gasteiger partial charge on any atom is -0.493 e. The lowest BCUT2D eigenvalue weighted by atomic mass is 10.2. The van der Waals surface area contributed by atoms with Gasteiger partial charge in [-0.15, -0.1) is 11.3 Å². The number of hydrogen-bond donors (Lipinski definition) is 1. The minimum absolute atomic E-state index is 0.0716. The number of nitrogens with one attached hydrogen (secondary N) is 1. The maximum absolute atomic E-state index is 11.3. The highest BCUT2D eigenvalue weighted by Crippen LogP contribution is 2.38. The van der Waals surface area contributed by atoms with Gasteiger partial charge in [-0.3, -0.25) is 9.59 Å². The molecule has 2 heterocycles. The Bertz CT molecular complexity index is 1070. The van der Waals surface area contributed by atoms with Crippen molar-refractivity contribution in [2.45, 2.75) is 26.3 Å². The number of fused-ring (bicyclic) bond motifs is 1. The molecule has 0 atom stereocenters. The SMILES string of the molecule is COc1ccc(CNc2nc(CCC(=O)C=O)nc3sc(C)c(Cl)c23)cc1OC. The van der Waals surface area contributed by atoms with Gasteiger partial charge in [-0.25, -0.2) is 9.97 Å². The van der Waals surface area contributed by atoms with Crippen molar-refractivity contribution in [3.05, 3.63) is 39.5 Å². The second kappa shape index (κ2) is 9.19. The zero-order valence-corrected chi connectivity index (χ0v) is 17.8. The molecule has 0 bridgehead atoms. The molecular formula is C20H20ClN3O4S. The number of methoxy groups -OCH3 is 2. The fourth-order valence-corrected chi connectivity index (χ4v) is 4.12. The lowest BCUT2D eigenvalue weighted by molar-refractivity contribution is -0.129. The minimum atomic E-state index is -0.478. The fraction of sp³-hybridized carbons (Fsp3) is 0.300. The van der Waals surface area contributed by atoms with Gasteiger partial charge in [0.05, 0.1) is 24.6 Å². The van der Waals surface area contributed by atoms with E-state index in [4.69, 9.17) is 21.1 Å². The Hall–Kier alpha value is -2.71. The van der Waals surface area contributed by atoms with Gasteiger partial charge < -0.3 is 14.8 Å². The largest absolute Gasteiger partial charge is 0.493 e. The lowest BCUT2D eigenvalue weighted by Gasteiger charge is -2.12. The number of carbonyl (C=O) groups is 2. The van der Waals surface area contributed by atoms with Crippen LogP contribution >= 0.6 is 22.9 Å². The van der Waals surface area contributed by atoms with Gasteiger partial charge >= 0.3 is 0 Å². The molecule has 0 fully saturated rings. The van der Waals surface area contributed by atoms with E-state index in [-0.39, 0.29) is 12.8 Å².